The van der Waals surface area contributed by atoms with Crippen molar-refractivity contribution in [3.8, 4) is 11.5 Å². The molecule has 1 fully saturated rings. The fraction of sp³-hybridized carbons (Fsp3) is 0.360. The number of ether oxygens (including phenoxy) is 2. The van der Waals surface area contributed by atoms with Gasteiger partial charge in [0, 0.05) is 31.1 Å². The molecule has 6 heteroatoms. The largest absolute Gasteiger partial charge is 0.494 e. The van der Waals surface area contributed by atoms with E-state index < -0.39 is 0 Å². The molecule has 2 aromatic carbocycles. The van der Waals surface area contributed by atoms with Crippen molar-refractivity contribution in [2.45, 2.75) is 26.7 Å². The Hall–Kier alpha value is -3.28. The number of anilines is 1. The number of benzene rings is 2. The molecule has 1 aliphatic rings. The van der Waals surface area contributed by atoms with Crippen molar-refractivity contribution >= 4 is 23.6 Å². The summed E-state index contributed by atoms with van der Waals surface area (Å²) in [5.41, 5.74) is 1.60. The molecule has 6 nitrogen and oxygen atoms in total. The Morgan fingerprint density at radius 3 is 2.42 bits per heavy atom. The van der Waals surface area contributed by atoms with Crippen LogP contribution in [0.15, 0.2) is 54.6 Å². The second-order valence-corrected chi connectivity index (χ2v) is 7.36. The number of carbonyl (C=O) groups is 2. The zero-order chi connectivity index (χ0) is 22.1. The van der Waals surface area contributed by atoms with Gasteiger partial charge in [0.25, 0.3) is 0 Å². The minimum atomic E-state index is -0.146. The fourth-order valence-electron chi connectivity index (χ4n) is 3.58. The van der Waals surface area contributed by atoms with Crippen LogP contribution in [0.3, 0.4) is 0 Å². The van der Waals surface area contributed by atoms with E-state index >= 15 is 0 Å². The van der Waals surface area contributed by atoms with E-state index in [1.807, 2.05) is 62.4 Å². The number of likely N-dealkylation sites (tertiary alicyclic amines) is 1. The van der Waals surface area contributed by atoms with Crippen molar-refractivity contribution in [3.05, 3.63) is 60.2 Å². The predicted octanol–water partition coefficient (Wildman–Crippen LogP) is 4.37. The van der Waals surface area contributed by atoms with E-state index in [9.17, 15) is 9.59 Å². The standard InChI is InChI=1S/C25H30N2O4/c1-3-30-21-11-12-23(31-4-2)22(18-21)26-25(29)20-14-16-27(17-15-20)24(28)13-10-19-8-6-5-7-9-19/h5-13,18,20H,3-4,14-17H2,1-2H3,(H,26,29). The molecule has 1 aliphatic heterocycles. The average molecular weight is 423 g/mol. The third-order valence-corrected chi connectivity index (χ3v) is 5.22. The van der Waals surface area contributed by atoms with Gasteiger partial charge in [-0.2, -0.15) is 0 Å². The zero-order valence-corrected chi connectivity index (χ0v) is 18.2. The van der Waals surface area contributed by atoms with Gasteiger partial charge >= 0.3 is 0 Å². The van der Waals surface area contributed by atoms with Crippen LogP contribution in [-0.4, -0.2) is 43.0 Å². The average Bonchev–Trinajstić information content (AvgIpc) is 2.80. The topological polar surface area (TPSA) is 67.9 Å². The third kappa shape index (κ3) is 6.35. The summed E-state index contributed by atoms with van der Waals surface area (Å²) >= 11 is 0. The van der Waals surface area contributed by atoms with Crippen molar-refractivity contribution in [2.75, 3.05) is 31.6 Å². The van der Waals surface area contributed by atoms with Gasteiger partial charge in [-0.1, -0.05) is 30.3 Å². The first-order valence-corrected chi connectivity index (χ1v) is 10.8. The van der Waals surface area contributed by atoms with Crippen molar-refractivity contribution in [3.63, 3.8) is 0 Å². The number of amides is 2. The van der Waals surface area contributed by atoms with E-state index in [-0.39, 0.29) is 17.7 Å². The number of rotatable bonds is 8. The van der Waals surface area contributed by atoms with Crippen LogP contribution in [0.1, 0.15) is 32.3 Å². The summed E-state index contributed by atoms with van der Waals surface area (Å²) in [4.78, 5) is 27.1. The molecule has 1 heterocycles. The highest BCUT2D eigenvalue weighted by Gasteiger charge is 2.27. The van der Waals surface area contributed by atoms with E-state index in [0.29, 0.717) is 56.3 Å². The van der Waals surface area contributed by atoms with Crippen LogP contribution in [0, 0.1) is 5.92 Å². The van der Waals surface area contributed by atoms with Gasteiger partial charge < -0.3 is 19.7 Å². The van der Waals surface area contributed by atoms with Crippen LogP contribution in [0.2, 0.25) is 0 Å². The van der Waals surface area contributed by atoms with Crippen LogP contribution in [0.5, 0.6) is 11.5 Å². The lowest BCUT2D eigenvalue weighted by atomic mass is 9.95. The summed E-state index contributed by atoms with van der Waals surface area (Å²) in [5.74, 6) is 1.09. The smallest absolute Gasteiger partial charge is 0.246 e. The molecule has 31 heavy (non-hydrogen) atoms. The molecule has 0 unspecified atom stereocenters. The molecule has 0 bridgehead atoms. The Morgan fingerprint density at radius 2 is 1.74 bits per heavy atom. The van der Waals surface area contributed by atoms with Gasteiger partial charge in [0.1, 0.15) is 11.5 Å². The van der Waals surface area contributed by atoms with Gasteiger partial charge in [0.05, 0.1) is 18.9 Å². The lowest BCUT2D eigenvalue weighted by molar-refractivity contribution is -0.130. The second kappa shape index (κ2) is 11.2. The highest BCUT2D eigenvalue weighted by molar-refractivity contribution is 5.95. The summed E-state index contributed by atoms with van der Waals surface area (Å²) in [6, 6.07) is 15.2. The summed E-state index contributed by atoms with van der Waals surface area (Å²) in [6.45, 7) is 6.00. The van der Waals surface area contributed by atoms with E-state index in [1.165, 1.54) is 0 Å². The highest BCUT2D eigenvalue weighted by atomic mass is 16.5. The molecule has 2 amide bonds. The summed E-state index contributed by atoms with van der Waals surface area (Å²) in [7, 11) is 0. The van der Waals surface area contributed by atoms with Crippen LogP contribution in [0.4, 0.5) is 5.69 Å². The molecular weight excluding hydrogens is 392 g/mol. The highest BCUT2D eigenvalue weighted by Crippen LogP contribution is 2.31. The Labute approximate surface area is 183 Å². The quantitative estimate of drug-likeness (QED) is 0.642. The molecule has 0 aromatic heterocycles. The molecule has 1 N–H and O–H groups in total. The molecule has 3 rings (SSSR count). The van der Waals surface area contributed by atoms with Crippen molar-refractivity contribution in [2.24, 2.45) is 5.92 Å². The maximum atomic E-state index is 12.9. The van der Waals surface area contributed by atoms with Gasteiger partial charge in [0.2, 0.25) is 11.8 Å². The number of nitrogens with one attached hydrogen (secondary N) is 1. The number of carbonyl (C=O) groups excluding carboxylic acids is 2. The zero-order valence-electron chi connectivity index (χ0n) is 18.2. The Balaban J connectivity index is 1.56. The van der Waals surface area contributed by atoms with Gasteiger partial charge in [-0.15, -0.1) is 0 Å². The number of hydrogen-bond acceptors (Lipinski definition) is 4. The molecule has 2 aromatic rings. The van der Waals surface area contributed by atoms with Gasteiger partial charge in [0.15, 0.2) is 0 Å². The van der Waals surface area contributed by atoms with E-state index in [1.54, 1.807) is 17.0 Å². The fourth-order valence-corrected chi connectivity index (χ4v) is 3.58. The first-order valence-electron chi connectivity index (χ1n) is 10.8. The van der Waals surface area contributed by atoms with Crippen LogP contribution < -0.4 is 14.8 Å². The lowest BCUT2D eigenvalue weighted by Crippen LogP contribution is -2.40. The normalized spacial score (nSPS) is 14.5. The van der Waals surface area contributed by atoms with Crippen LogP contribution in [0.25, 0.3) is 6.08 Å². The monoisotopic (exact) mass is 422 g/mol. The molecule has 0 spiro atoms. The number of hydrogen-bond donors (Lipinski definition) is 1. The third-order valence-electron chi connectivity index (χ3n) is 5.22. The van der Waals surface area contributed by atoms with E-state index in [0.717, 1.165) is 5.56 Å². The number of piperidine rings is 1. The molecule has 164 valence electrons. The van der Waals surface area contributed by atoms with Gasteiger partial charge in [-0.3, -0.25) is 9.59 Å². The summed E-state index contributed by atoms with van der Waals surface area (Å²) < 4.78 is 11.2. The maximum Gasteiger partial charge on any atom is 0.246 e. The van der Waals surface area contributed by atoms with Crippen LogP contribution >= 0.6 is 0 Å². The van der Waals surface area contributed by atoms with Crippen molar-refractivity contribution in [1.29, 1.82) is 0 Å². The Morgan fingerprint density at radius 1 is 1.03 bits per heavy atom. The summed E-state index contributed by atoms with van der Waals surface area (Å²) in [6.07, 6.45) is 4.68. The van der Waals surface area contributed by atoms with Gasteiger partial charge in [-0.25, -0.2) is 0 Å². The molecule has 0 atom stereocenters. The van der Waals surface area contributed by atoms with Crippen LogP contribution in [-0.2, 0) is 9.59 Å². The lowest BCUT2D eigenvalue weighted by Gasteiger charge is -2.30. The molecule has 0 radical (unpaired) electrons. The molecule has 0 saturated carbocycles. The number of nitrogens with zero attached hydrogens (tertiary/aromatic N) is 1. The first-order chi connectivity index (χ1) is 15.1. The maximum absolute atomic E-state index is 12.9. The summed E-state index contributed by atoms with van der Waals surface area (Å²) in [5, 5.41) is 2.99. The first kappa shape index (κ1) is 22.4. The second-order valence-electron chi connectivity index (χ2n) is 7.36. The Bertz CT molecular complexity index is 903. The predicted molar refractivity (Wildman–Crippen MR) is 122 cm³/mol. The molecule has 1 saturated heterocycles. The Kier molecular flexibility index (Phi) is 8.10. The molecular formula is C25H30N2O4. The van der Waals surface area contributed by atoms with Crippen molar-refractivity contribution < 1.29 is 19.1 Å². The minimum absolute atomic E-state index is 0.0224. The SMILES string of the molecule is CCOc1ccc(OCC)c(NC(=O)C2CCN(C(=O)C=Cc3ccccc3)CC2)c1. The van der Waals surface area contributed by atoms with E-state index in [2.05, 4.69) is 5.32 Å². The van der Waals surface area contributed by atoms with Crippen molar-refractivity contribution in [1.82, 2.24) is 4.90 Å². The molecule has 0 aliphatic carbocycles. The minimum Gasteiger partial charge on any atom is -0.494 e. The van der Waals surface area contributed by atoms with E-state index in [4.69, 9.17) is 9.47 Å². The van der Waals surface area contributed by atoms with Gasteiger partial charge in [-0.05, 0) is 50.5 Å².